The van der Waals surface area contributed by atoms with Gasteiger partial charge in [-0.15, -0.1) is 0 Å². The maximum Gasteiger partial charge on any atom is 0.335 e. The van der Waals surface area contributed by atoms with E-state index in [0.717, 1.165) is 67.1 Å². The Morgan fingerprint density at radius 3 is 2.52 bits per heavy atom. The number of carbonyl (C=O) groups is 2. The maximum atomic E-state index is 11.6. The van der Waals surface area contributed by atoms with Crippen molar-refractivity contribution in [2.24, 2.45) is 0 Å². The normalized spacial score (nSPS) is 17.7. The van der Waals surface area contributed by atoms with Gasteiger partial charge in [0.15, 0.2) is 5.78 Å². The molecule has 0 spiro atoms. The van der Waals surface area contributed by atoms with Crippen molar-refractivity contribution in [3.63, 3.8) is 0 Å². The quantitative estimate of drug-likeness (QED) is 0.234. The molecule has 2 aromatic carbocycles. The lowest BCUT2D eigenvalue weighted by molar-refractivity contribution is -0.0592. The van der Waals surface area contributed by atoms with Gasteiger partial charge in [-0.25, -0.2) is 14.8 Å². The van der Waals surface area contributed by atoms with Crippen LogP contribution >= 0.6 is 11.6 Å². The van der Waals surface area contributed by atoms with Gasteiger partial charge in [0.2, 0.25) is 5.88 Å². The fourth-order valence-corrected chi connectivity index (χ4v) is 5.86. The SMILES string of the molecule is CC(=O)c1ccc(COc2cccc(C3CCN(Cc4nc5ccc(C(=O)O)cc5n4CC4CCO4)CC3)n2)c(Cl)c1. The summed E-state index contributed by atoms with van der Waals surface area (Å²) in [6, 6.07) is 16.2. The number of fused-ring (bicyclic) bond motifs is 1. The second-order valence-electron chi connectivity index (χ2n) is 11.0. The smallest absolute Gasteiger partial charge is 0.335 e. The molecule has 2 aliphatic heterocycles. The Hall–Kier alpha value is -3.79. The van der Waals surface area contributed by atoms with Crippen molar-refractivity contribution in [3.8, 4) is 5.88 Å². The van der Waals surface area contributed by atoms with E-state index in [2.05, 4.69) is 15.5 Å². The predicted molar refractivity (Wildman–Crippen MR) is 158 cm³/mol. The Labute approximate surface area is 249 Å². The van der Waals surface area contributed by atoms with E-state index in [1.54, 1.807) is 30.3 Å². The number of carboxylic acids is 1. The van der Waals surface area contributed by atoms with Gasteiger partial charge in [0.25, 0.3) is 0 Å². The van der Waals surface area contributed by atoms with Gasteiger partial charge in [-0.2, -0.15) is 0 Å². The van der Waals surface area contributed by atoms with Crippen LogP contribution in [-0.4, -0.2) is 62.1 Å². The predicted octanol–water partition coefficient (Wildman–Crippen LogP) is 5.73. The number of halogens is 1. The highest BCUT2D eigenvalue weighted by atomic mass is 35.5. The molecule has 2 aromatic heterocycles. The first-order valence-corrected chi connectivity index (χ1v) is 14.7. The van der Waals surface area contributed by atoms with Crippen molar-refractivity contribution in [1.29, 1.82) is 0 Å². The molecule has 10 heteroatoms. The number of carbonyl (C=O) groups excluding carboxylic acids is 1. The Kier molecular flexibility index (Phi) is 8.24. The summed E-state index contributed by atoms with van der Waals surface area (Å²) >= 11 is 6.36. The molecule has 4 heterocycles. The largest absolute Gasteiger partial charge is 0.478 e. The Morgan fingerprint density at radius 2 is 1.83 bits per heavy atom. The molecule has 2 aliphatic rings. The van der Waals surface area contributed by atoms with Crippen LogP contribution in [0.15, 0.2) is 54.6 Å². The van der Waals surface area contributed by atoms with E-state index in [9.17, 15) is 14.7 Å². The summed E-state index contributed by atoms with van der Waals surface area (Å²) in [5.41, 5.74) is 4.30. The lowest BCUT2D eigenvalue weighted by Crippen LogP contribution is -2.35. The van der Waals surface area contributed by atoms with Gasteiger partial charge in [-0.1, -0.05) is 29.8 Å². The van der Waals surface area contributed by atoms with Gasteiger partial charge in [-0.3, -0.25) is 9.69 Å². The van der Waals surface area contributed by atoms with E-state index in [-0.39, 0.29) is 24.1 Å². The van der Waals surface area contributed by atoms with Crippen molar-refractivity contribution in [1.82, 2.24) is 19.4 Å². The van der Waals surface area contributed by atoms with E-state index < -0.39 is 5.97 Å². The minimum absolute atomic E-state index is 0.0268. The van der Waals surface area contributed by atoms with Crippen LogP contribution in [0.2, 0.25) is 5.02 Å². The molecule has 4 aromatic rings. The van der Waals surface area contributed by atoms with E-state index >= 15 is 0 Å². The number of aromatic nitrogens is 3. The minimum atomic E-state index is -0.941. The molecule has 2 fully saturated rings. The molecule has 6 rings (SSSR count). The lowest BCUT2D eigenvalue weighted by atomic mass is 9.93. The fourth-order valence-electron chi connectivity index (χ4n) is 5.62. The Morgan fingerprint density at radius 1 is 1.05 bits per heavy atom. The highest BCUT2D eigenvalue weighted by Crippen LogP contribution is 2.30. The number of ether oxygens (including phenoxy) is 2. The van der Waals surface area contributed by atoms with Crippen molar-refractivity contribution in [3.05, 3.63) is 87.8 Å². The van der Waals surface area contributed by atoms with Crippen LogP contribution in [0, 0.1) is 0 Å². The second-order valence-corrected chi connectivity index (χ2v) is 11.4. The molecule has 1 atom stereocenters. The summed E-state index contributed by atoms with van der Waals surface area (Å²) in [5, 5.41) is 10.0. The number of benzene rings is 2. The molecular weight excluding hydrogens is 556 g/mol. The number of pyridine rings is 1. The number of ketones is 1. The van der Waals surface area contributed by atoms with Crippen LogP contribution < -0.4 is 4.74 Å². The molecule has 0 saturated carbocycles. The lowest BCUT2D eigenvalue weighted by Gasteiger charge is -2.32. The molecule has 0 amide bonds. The Bertz CT molecular complexity index is 1620. The topological polar surface area (TPSA) is 107 Å². The number of nitrogens with zero attached hydrogens (tertiary/aromatic N) is 4. The van der Waals surface area contributed by atoms with Crippen LogP contribution in [0.4, 0.5) is 0 Å². The number of piperidine rings is 1. The zero-order valence-corrected chi connectivity index (χ0v) is 24.2. The fraction of sp³-hybridized carbons (Fsp3) is 0.375. The average Bonchev–Trinajstić information content (AvgIpc) is 3.30. The molecule has 0 aliphatic carbocycles. The average molecular weight is 589 g/mol. The van der Waals surface area contributed by atoms with E-state index in [1.165, 1.54) is 6.92 Å². The molecule has 42 heavy (non-hydrogen) atoms. The number of imidazole rings is 1. The maximum absolute atomic E-state index is 11.6. The third-order valence-corrected chi connectivity index (χ3v) is 8.56. The summed E-state index contributed by atoms with van der Waals surface area (Å²) in [4.78, 5) is 35.3. The zero-order chi connectivity index (χ0) is 29.2. The first-order valence-electron chi connectivity index (χ1n) is 14.3. The molecule has 0 radical (unpaired) electrons. The summed E-state index contributed by atoms with van der Waals surface area (Å²) in [6.07, 6.45) is 3.06. The molecular formula is C32H33ClN4O5. The van der Waals surface area contributed by atoms with Gasteiger partial charge in [0, 0.05) is 40.4 Å². The highest BCUT2D eigenvalue weighted by molar-refractivity contribution is 6.31. The number of hydrogen-bond donors (Lipinski definition) is 1. The second kappa shape index (κ2) is 12.2. The number of hydrogen-bond acceptors (Lipinski definition) is 7. The van der Waals surface area contributed by atoms with Crippen LogP contribution in [-0.2, 0) is 24.4 Å². The van der Waals surface area contributed by atoms with Gasteiger partial charge in [0.1, 0.15) is 12.4 Å². The van der Waals surface area contributed by atoms with E-state index in [4.69, 9.17) is 31.0 Å². The van der Waals surface area contributed by atoms with Gasteiger partial charge in [0.05, 0.1) is 35.8 Å². The molecule has 218 valence electrons. The summed E-state index contributed by atoms with van der Waals surface area (Å²) < 4.78 is 13.8. The van der Waals surface area contributed by atoms with Gasteiger partial charge in [-0.05, 0) is 69.6 Å². The monoisotopic (exact) mass is 588 g/mol. The van der Waals surface area contributed by atoms with Crippen molar-refractivity contribution >= 4 is 34.4 Å². The molecule has 1 N–H and O–H groups in total. The summed E-state index contributed by atoms with van der Waals surface area (Å²) in [5.74, 6) is 0.840. The molecule has 0 bridgehead atoms. The van der Waals surface area contributed by atoms with Crippen molar-refractivity contribution < 1.29 is 24.2 Å². The van der Waals surface area contributed by atoms with Crippen molar-refractivity contribution in [2.75, 3.05) is 19.7 Å². The van der Waals surface area contributed by atoms with Crippen LogP contribution in [0.1, 0.15) is 69.9 Å². The third-order valence-electron chi connectivity index (χ3n) is 8.20. The minimum Gasteiger partial charge on any atom is -0.478 e. The standard InChI is InChI=1S/C32H33ClN4O5/c1-20(38)22-5-6-24(26(33)15-22)19-42-31-4-2-3-27(35-31)21-9-12-36(13-10-21)18-30-34-28-8-7-23(32(39)40)16-29(28)37(30)17-25-11-14-41-25/h2-8,15-16,21,25H,9-14,17-19H2,1H3,(H,39,40). The van der Waals surface area contributed by atoms with E-state index in [0.29, 0.717) is 35.5 Å². The first-order chi connectivity index (χ1) is 20.3. The first kappa shape index (κ1) is 28.3. The molecule has 1 unspecified atom stereocenters. The van der Waals surface area contributed by atoms with Crippen LogP contribution in [0.3, 0.4) is 0 Å². The third kappa shape index (κ3) is 6.18. The van der Waals surface area contributed by atoms with Crippen molar-refractivity contribution in [2.45, 2.75) is 57.9 Å². The van der Waals surface area contributed by atoms with E-state index in [1.807, 2.05) is 18.2 Å². The number of carboxylic acid groups (broad SMARTS) is 1. The number of Topliss-reactive ketones (excluding diaryl/α,β-unsaturated/α-hetero) is 1. The van der Waals surface area contributed by atoms with Crippen LogP contribution in [0.5, 0.6) is 5.88 Å². The highest BCUT2D eigenvalue weighted by Gasteiger charge is 2.26. The zero-order valence-electron chi connectivity index (χ0n) is 23.5. The Balaban J connectivity index is 1.09. The van der Waals surface area contributed by atoms with Crippen LogP contribution in [0.25, 0.3) is 11.0 Å². The summed E-state index contributed by atoms with van der Waals surface area (Å²) in [6.45, 7) is 5.72. The number of rotatable bonds is 10. The number of likely N-dealkylation sites (tertiary alicyclic amines) is 1. The van der Waals surface area contributed by atoms with Gasteiger partial charge < -0.3 is 19.1 Å². The molecule has 9 nitrogen and oxygen atoms in total. The van der Waals surface area contributed by atoms with Gasteiger partial charge >= 0.3 is 5.97 Å². The molecule has 2 saturated heterocycles. The number of aromatic carboxylic acids is 1. The summed E-state index contributed by atoms with van der Waals surface area (Å²) in [7, 11) is 0.